The van der Waals surface area contributed by atoms with E-state index in [9.17, 15) is 9.59 Å². The first-order valence-corrected chi connectivity index (χ1v) is 9.10. The molecule has 0 atom stereocenters. The first-order valence-electron chi connectivity index (χ1n) is 8.72. The summed E-state index contributed by atoms with van der Waals surface area (Å²) in [6, 6.07) is 5.26. The van der Waals surface area contributed by atoms with Gasteiger partial charge in [-0.1, -0.05) is 11.6 Å². The van der Waals surface area contributed by atoms with Crippen molar-refractivity contribution in [3.8, 4) is 0 Å². The Kier molecular flexibility index (Phi) is 5.29. The Labute approximate surface area is 156 Å². The van der Waals surface area contributed by atoms with E-state index in [1.807, 2.05) is 20.8 Å². The van der Waals surface area contributed by atoms with Gasteiger partial charge < -0.3 is 14.5 Å². The van der Waals surface area contributed by atoms with Crippen LogP contribution >= 0.6 is 11.6 Å². The summed E-state index contributed by atoms with van der Waals surface area (Å²) in [7, 11) is 0. The van der Waals surface area contributed by atoms with E-state index >= 15 is 0 Å². The molecule has 0 radical (unpaired) electrons. The molecule has 0 bridgehead atoms. The second-order valence-electron chi connectivity index (χ2n) is 7.59. The van der Waals surface area contributed by atoms with Gasteiger partial charge in [-0.2, -0.15) is 0 Å². The molecule has 26 heavy (non-hydrogen) atoms. The molecule has 1 N–H and O–H groups in total. The number of carbonyl (C=O) groups is 1. The van der Waals surface area contributed by atoms with Crippen molar-refractivity contribution in [3.05, 3.63) is 33.8 Å². The molecule has 142 valence electrons. The van der Waals surface area contributed by atoms with Gasteiger partial charge in [-0.25, -0.2) is 9.59 Å². The monoisotopic (exact) mass is 381 g/mol. The van der Waals surface area contributed by atoms with E-state index in [2.05, 4.69) is 10.2 Å². The molecule has 7 nitrogen and oxygen atoms in total. The molecule has 1 aromatic heterocycles. The Morgan fingerprint density at radius 3 is 2.69 bits per heavy atom. The lowest BCUT2D eigenvalue weighted by Gasteiger charge is -2.32. The van der Waals surface area contributed by atoms with Crippen LogP contribution in [0.1, 0.15) is 33.6 Å². The van der Waals surface area contributed by atoms with Crippen molar-refractivity contribution in [1.82, 2.24) is 14.8 Å². The van der Waals surface area contributed by atoms with E-state index < -0.39 is 11.4 Å². The van der Waals surface area contributed by atoms with Crippen LogP contribution < -0.4 is 11.1 Å². The highest BCUT2D eigenvalue weighted by Gasteiger charge is 2.24. The molecular formula is C18H24ClN3O4. The Bertz CT molecular complexity index is 844. The van der Waals surface area contributed by atoms with Crippen molar-refractivity contribution in [3.63, 3.8) is 0 Å². The maximum absolute atomic E-state index is 12.1. The second kappa shape index (κ2) is 7.32. The van der Waals surface area contributed by atoms with Gasteiger partial charge in [-0.05, 0) is 45.7 Å². The number of carbonyl (C=O) groups excluding carboxylic acids is 1. The normalized spacial score (nSPS) is 16.8. The number of aromatic nitrogens is 1. The molecule has 1 fully saturated rings. The molecule has 1 amide bonds. The molecule has 0 saturated carbocycles. The predicted octanol–water partition coefficient (Wildman–Crippen LogP) is 3.19. The van der Waals surface area contributed by atoms with Crippen LogP contribution in [0.25, 0.3) is 11.1 Å². The third-order valence-corrected chi connectivity index (χ3v) is 4.52. The topological polar surface area (TPSA) is 76.7 Å². The number of oxazole rings is 1. The number of nitrogens with one attached hydrogen (secondary N) is 1. The van der Waals surface area contributed by atoms with Gasteiger partial charge in [-0.15, -0.1) is 0 Å². The number of ether oxygens (including phenoxy) is 1. The highest BCUT2D eigenvalue weighted by molar-refractivity contribution is 6.31. The SMILES string of the molecule is CC(C)(C)OC(=O)NC1CCN(Cn2c(=O)oc3cc(Cl)ccc32)CC1. The first-order chi connectivity index (χ1) is 12.2. The number of likely N-dealkylation sites (tertiary alicyclic amines) is 1. The van der Waals surface area contributed by atoms with Crippen molar-refractivity contribution < 1.29 is 13.9 Å². The van der Waals surface area contributed by atoms with Crippen LogP contribution in [0.15, 0.2) is 27.4 Å². The standard InChI is InChI=1S/C18H24ClN3O4/c1-18(2,3)26-16(23)20-13-6-8-21(9-7-13)11-22-14-5-4-12(19)10-15(14)25-17(22)24/h4-5,10,13H,6-9,11H2,1-3H3,(H,20,23). The van der Waals surface area contributed by atoms with Crippen LogP contribution in [-0.2, 0) is 11.4 Å². The van der Waals surface area contributed by atoms with Gasteiger partial charge >= 0.3 is 11.8 Å². The number of fused-ring (bicyclic) bond motifs is 1. The van der Waals surface area contributed by atoms with Crippen LogP contribution in [-0.4, -0.2) is 40.3 Å². The fourth-order valence-electron chi connectivity index (χ4n) is 3.07. The molecule has 0 spiro atoms. The zero-order chi connectivity index (χ0) is 18.9. The third kappa shape index (κ3) is 4.59. The molecule has 1 saturated heterocycles. The summed E-state index contributed by atoms with van der Waals surface area (Å²) >= 11 is 5.94. The summed E-state index contributed by atoms with van der Waals surface area (Å²) in [5.74, 6) is -0.392. The summed E-state index contributed by atoms with van der Waals surface area (Å²) in [5, 5.41) is 3.45. The average molecular weight is 382 g/mol. The Morgan fingerprint density at radius 2 is 2.04 bits per heavy atom. The van der Waals surface area contributed by atoms with Crippen molar-refractivity contribution in [2.24, 2.45) is 0 Å². The van der Waals surface area contributed by atoms with Gasteiger partial charge in [0.2, 0.25) is 0 Å². The summed E-state index contributed by atoms with van der Waals surface area (Å²) in [5.41, 5.74) is 0.717. The maximum Gasteiger partial charge on any atom is 0.421 e. The number of nitrogens with zero attached hydrogens (tertiary/aromatic N) is 2. The van der Waals surface area contributed by atoms with Crippen molar-refractivity contribution >= 4 is 28.8 Å². The fraction of sp³-hybridized carbons (Fsp3) is 0.556. The number of amides is 1. The van der Waals surface area contributed by atoms with Gasteiger partial charge in [-0.3, -0.25) is 9.47 Å². The van der Waals surface area contributed by atoms with Gasteiger partial charge in [0, 0.05) is 30.2 Å². The zero-order valence-corrected chi connectivity index (χ0v) is 16.0. The number of rotatable bonds is 3. The number of hydrogen-bond donors (Lipinski definition) is 1. The van der Waals surface area contributed by atoms with Crippen LogP contribution in [0, 0.1) is 0 Å². The van der Waals surface area contributed by atoms with Crippen molar-refractivity contribution in [1.29, 1.82) is 0 Å². The Hall–Kier alpha value is -1.99. The maximum atomic E-state index is 12.1. The molecule has 3 rings (SSSR count). The molecule has 0 unspecified atom stereocenters. The average Bonchev–Trinajstić information content (AvgIpc) is 2.82. The van der Waals surface area contributed by atoms with Crippen LogP contribution in [0.5, 0.6) is 0 Å². The Balaban J connectivity index is 1.57. The highest BCUT2D eigenvalue weighted by atomic mass is 35.5. The minimum absolute atomic E-state index is 0.0812. The molecule has 8 heteroatoms. The van der Waals surface area contributed by atoms with E-state index in [4.69, 9.17) is 20.8 Å². The smallest absolute Gasteiger partial charge is 0.421 e. The van der Waals surface area contributed by atoms with Gasteiger partial charge in [0.25, 0.3) is 0 Å². The van der Waals surface area contributed by atoms with E-state index in [1.54, 1.807) is 22.8 Å². The molecule has 2 aromatic rings. The Morgan fingerprint density at radius 1 is 1.35 bits per heavy atom. The van der Waals surface area contributed by atoms with E-state index in [-0.39, 0.29) is 12.1 Å². The number of alkyl carbamates (subject to hydrolysis) is 1. The third-order valence-electron chi connectivity index (χ3n) is 4.28. The molecule has 1 aromatic carbocycles. The fourth-order valence-corrected chi connectivity index (χ4v) is 3.23. The van der Waals surface area contributed by atoms with E-state index in [0.29, 0.717) is 17.3 Å². The summed E-state index contributed by atoms with van der Waals surface area (Å²) in [6.07, 6.45) is 1.22. The van der Waals surface area contributed by atoms with E-state index in [1.165, 1.54) is 0 Å². The number of piperidine rings is 1. The predicted molar refractivity (Wildman–Crippen MR) is 99.4 cm³/mol. The number of hydrogen-bond acceptors (Lipinski definition) is 5. The molecule has 1 aliphatic heterocycles. The lowest BCUT2D eigenvalue weighted by molar-refractivity contribution is 0.0472. The van der Waals surface area contributed by atoms with Crippen molar-refractivity contribution in [2.45, 2.75) is 51.9 Å². The van der Waals surface area contributed by atoms with Gasteiger partial charge in [0.05, 0.1) is 12.2 Å². The second-order valence-corrected chi connectivity index (χ2v) is 8.02. The van der Waals surface area contributed by atoms with Crippen LogP contribution in [0.3, 0.4) is 0 Å². The summed E-state index contributed by atoms with van der Waals surface area (Å²) < 4.78 is 12.2. The van der Waals surface area contributed by atoms with E-state index in [0.717, 1.165) is 31.4 Å². The summed E-state index contributed by atoms with van der Waals surface area (Å²) in [6.45, 7) is 7.52. The largest absolute Gasteiger partial charge is 0.444 e. The number of benzene rings is 1. The lowest BCUT2D eigenvalue weighted by Crippen LogP contribution is -2.46. The first kappa shape index (κ1) is 18.8. The minimum atomic E-state index is -0.503. The van der Waals surface area contributed by atoms with Crippen LogP contribution in [0.4, 0.5) is 4.79 Å². The minimum Gasteiger partial charge on any atom is -0.444 e. The molecule has 2 heterocycles. The molecule has 1 aliphatic rings. The zero-order valence-electron chi connectivity index (χ0n) is 15.3. The summed E-state index contributed by atoms with van der Waals surface area (Å²) in [4.78, 5) is 26.2. The van der Waals surface area contributed by atoms with Crippen molar-refractivity contribution in [2.75, 3.05) is 13.1 Å². The highest BCUT2D eigenvalue weighted by Crippen LogP contribution is 2.20. The van der Waals surface area contributed by atoms with Crippen LogP contribution in [0.2, 0.25) is 5.02 Å². The number of halogens is 1. The quantitative estimate of drug-likeness (QED) is 0.883. The van der Waals surface area contributed by atoms with Gasteiger partial charge in [0.15, 0.2) is 5.58 Å². The van der Waals surface area contributed by atoms with Gasteiger partial charge in [0.1, 0.15) is 5.60 Å². The lowest BCUT2D eigenvalue weighted by atomic mass is 10.1. The molecule has 0 aliphatic carbocycles. The molecular weight excluding hydrogens is 358 g/mol.